The SMILES string of the molecule is CCC(CO)C(N)CO. The predicted octanol–water partition coefficient (Wildman–Crippen LogP) is -0.676. The first-order valence-electron chi connectivity index (χ1n) is 3.23. The van der Waals surface area contributed by atoms with Crippen molar-refractivity contribution in [3.8, 4) is 0 Å². The maximum Gasteiger partial charge on any atom is 0.0586 e. The van der Waals surface area contributed by atoms with Crippen molar-refractivity contribution in [3.63, 3.8) is 0 Å². The highest BCUT2D eigenvalue weighted by Gasteiger charge is 2.12. The molecule has 0 saturated carbocycles. The van der Waals surface area contributed by atoms with E-state index in [1.165, 1.54) is 0 Å². The van der Waals surface area contributed by atoms with Gasteiger partial charge in [0.25, 0.3) is 0 Å². The van der Waals surface area contributed by atoms with Crippen LogP contribution in [0.2, 0.25) is 0 Å². The first-order chi connectivity index (χ1) is 4.26. The van der Waals surface area contributed by atoms with Crippen LogP contribution in [0.3, 0.4) is 0 Å². The van der Waals surface area contributed by atoms with Gasteiger partial charge in [0.15, 0.2) is 0 Å². The van der Waals surface area contributed by atoms with Crippen molar-refractivity contribution < 1.29 is 10.2 Å². The summed E-state index contributed by atoms with van der Waals surface area (Å²) in [5, 5.41) is 17.2. The van der Waals surface area contributed by atoms with E-state index >= 15 is 0 Å². The summed E-state index contributed by atoms with van der Waals surface area (Å²) >= 11 is 0. The van der Waals surface area contributed by atoms with Crippen LogP contribution in [0.25, 0.3) is 0 Å². The van der Waals surface area contributed by atoms with Crippen LogP contribution in [0.4, 0.5) is 0 Å². The van der Waals surface area contributed by atoms with Crippen molar-refractivity contribution in [1.82, 2.24) is 0 Å². The van der Waals surface area contributed by atoms with Crippen molar-refractivity contribution in [1.29, 1.82) is 0 Å². The van der Waals surface area contributed by atoms with E-state index in [-0.39, 0.29) is 25.2 Å². The lowest BCUT2D eigenvalue weighted by Gasteiger charge is -2.17. The van der Waals surface area contributed by atoms with Gasteiger partial charge in [-0.1, -0.05) is 6.92 Å². The topological polar surface area (TPSA) is 66.5 Å². The molecule has 0 aromatic heterocycles. The zero-order valence-corrected chi connectivity index (χ0v) is 5.75. The lowest BCUT2D eigenvalue weighted by atomic mass is 10.00. The summed E-state index contributed by atoms with van der Waals surface area (Å²) in [6.07, 6.45) is 0.818. The van der Waals surface area contributed by atoms with E-state index in [0.717, 1.165) is 6.42 Å². The van der Waals surface area contributed by atoms with Crippen LogP contribution in [-0.4, -0.2) is 29.5 Å². The summed E-state index contributed by atoms with van der Waals surface area (Å²) < 4.78 is 0. The molecule has 3 heteroatoms. The monoisotopic (exact) mass is 133 g/mol. The Balaban J connectivity index is 3.50. The van der Waals surface area contributed by atoms with E-state index in [2.05, 4.69) is 0 Å². The molecule has 0 heterocycles. The fraction of sp³-hybridized carbons (Fsp3) is 1.00. The van der Waals surface area contributed by atoms with E-state index in [0.29, 0.717) is 0 Å². The van der Waals surface area contributed by atoms with Crippen molar-refractivity contribution >= 4 is 0 Å². The molecule has 0 aromatic rings. The molecule has 0 aromatic carbocycles. The second kappa shape index (κ2) is 4.73. The molecule has 0 rings (SSSR count). The second-order valence-electron chi connectivity index (χ2n) is 2.20. The maximum absolute atomic E-state index is 8.64. The van der Waals surface area contributed by atoms with Gasteiger partial charge in [-0.15, -0.1) is 0 Å². The number of hydrogen-bond donors (Lipinski definition) is 3. The molecule has 2 unspecified atom stereocenters. The summed E-state index contributed by atoms with van der Waals surface area (Å²) in [6, 6.07) is -0.264. The van der Waals surface area contributed by atoms with Gasteiger partial charge in [-0.2, -0.15) is 0 Å². The van der Waals surface area contributed by atoms with Crippen molar-refractivity contribution in [3.05, 3.63) is 0 Å². The Morgan fingerprint density at radius 1 is 1.33 bits per heavy atom. The Labute approximate surface area is 55.5 Å². The molecule has 4 N–H and O–H groups in total. The molecule has 0 bridgehead atoms. The summed E-state index contributed by atoms with van der Waals surface area (Å²) in [5.74, 6) is 0.0509. The zero-order chi connectivity index (χ0) is 7.28. The van der Waals surface area contributed by atoms with Crippen LogP contribution in [0, 0.1) is 5.92 Å². The molecule has 9 heavy (non-hydrogen) atoms. The first kappa shape index (κ1) is 8.88. The third kappa shape index (κ3) is 2.79. The molecule has 0 fully saturated rings. The number of hydrogen-bond acceptors (Lipinski definition) is 3. The van der Waals surface area contributed by atoms with Crippen LogP contribution in [0.5, 0.6) is 0 Å². The predicted molar refractivity (Wildman–Crippen MR) is 35.9 cm³/mol. The Hall–Kier alpha value is -0.120. The minimum absolute atomic E-state index is 0.0426. The van der Waals surface area contributed by atoms with Crippen LogP contribution in [0.1, 0.15) is 13.3 Å². The standard InChI is InChI=1S/C6H15NO2/c1-2-5(3-8)6(7)4-9/h5-6,8-9H,2-4,7H2,1H3. The molecule has 56 valence electrons. The van der Waals surface area contributed by atoms with Crippen molar-refractivity contribution in [2.75, 3.05) is 13.2 Å². The third-order valence-electron chi connectivity index (χ3n) is 1.58. The quantitative estimate of drug-likeness (QED) is 0.476. The molecular weight excluding hydrogens is 118 g/mol. The molecule has 0 aliphatic rings. The highest BCUT2D eigenvalue weighted by atomic mass is 16.3. The van der Waals surface area contributed by atoms with Gasteiger partial charge in [0.1, 0.15) is 0 Å². The van der Waals surface area contributed by atoms with Gasteiger partial charge in [0.2, 0.25) is 0 Å². The van der Waals surface area contributed by atoms with E-state index in [4.69, 9.17) is 15.9 Å². The fourth-order valence-corrected chi connectivity index (χ4v) is 0.716. The Bertz CT molecular complexity index is 64.1. The Kier molecular flexibility index (Phi) is 4.67. The lowest BCUT2D eigenvalue weighted by Crippen LogP contribution is -2.35. The summed E-state index contributed by atoms with van der Waals surface area (Å²) in [4.78, 5) is 0. The van der Waals surface area contributed by atoms with Gasteiger partial charge < -0.3 is 15.9 Å². The number of rotatable bonds is 4. The second-order valence-corrected chi connectivity index (χ2v) is 2.20. The fourth-order valence-electron chi connectivity index (χ4n) is 0.716. The summed E-state index contributed by atoms with van der Waals surface area (Å²) in [6.45, 7) is 1.97. The molecule has 0 radical (unpaired) electrons. The number of nitrogens with two attached hydrogens (primary N) is 1. The van der Waals surface area contributed by atoms with E-state index in [9.17, 15) is 0 Å². The average Bonchev–Trinajstić information content (AvgIpc) is 1.90. The van der Waals surface area contributed by atoms with Crippen LogP contribution < -0.4 is 5.73 Å². The van der Waals surface area contributed by atoms with Gasteiger partial charge in [0.05, 0.1) is 6.61 Å². The molecule has 0 saturated heterocycles. The third-order valence-corrected chi connectivity index (χ3v) is 1.58. The first-order valence-corrected chi connectivity index (χ1v) is 3.23. The van der Waals surface area contributed by atoms with Gasteiger partial charge in [-0.05, 0) is 12.3 Å². The van der Waals surface area contributed by atoms with Crippen molar-refractivity contribution in [2.45, 2.75) is 19.4 Å². The molecule has 2 atom stereocenters. The Morgan fingerprint density at radius 3 is 2.00 bits per heavy atom. The maximum atomic E-state index is 8.64. The van der Waals surface area contributed by atoms with Crippen LogP contribution in [0.15, 0.2) is 0 Å². The minimum atomic E-state index is -0.264. The zero-order valence-electron chi connectivity index (χ0n) is 5.75. The van der Waals surface area contributed by atoms with Gasteiger partial charge >= 0.3 is 0 Å². The average molecular weight is 133 g/mol. The summed E-state index contributed by atoms with van der Waals surface area (Å²) in [7, 11) is 0. The van der Waals surface area contributed by atoms with Crippen LogP contribution in [-0.2, 0) is 0 Å². The van der Waals surface area contributed by atoms with Crippen LogP contribution >= 0.6 is 0 Å². The summed E-state index contributed by atoms with van der Waals surface area (Å²) in [5.41, 5.74) is 5.43. The molecule has 0 spiro atoms. The highest BCUT2D eigenvalue weighted by Crippen LogP contribution is 2.03. The van der Waals surface area contributed by atoms with E-state index in [1.807, 2.05) is 6.92 Å². The lowest BCUT2D eigenvalue weighted by molar-refractivity contribution is 0.158. The van der Waals surface area contributed by atoms with Gasteiger partial charge in [-0.25, -0.2) is 0 Å². The number of aliphatic hydroxyl groups excluding tert-OH is 2. The van der Waals surface area contributed by atoms with Crippen molar-refractivity contribution in [2.24, 2.45) is 11.7 Å². The van der Waals surface area contributed by atoms with Gasteiger partial charge in [-0.3, -0.25) is 0 Å². The molecule has 0 aliphatic carbocycles. The van der Waals surface area contributed by atoms with Gasteiger partial charge in [0, 0.05) is 12.6 Å². The smallest absolute Gasteiger partial charge is 0.0586 e. The minimum Gasteiger partial charge on any atom is -0.396 e. The molecule has 0 aliphatic heterocycles. The molecule has 3 nitrogen and oxygen atoms in total. The van der Waals surface area contributed by atoms with E-state index in [1.54, 1.807) is 0 Å². The number of aliphatic hydroxyl groups is 2. The van der Waals surface area contributed by atoms with E-state index < -0.39 is 0 Å². The normalized spacial score (nSPS) is 17.3. The Morgan fingerprint density at radius 2 is 1.89 bits per heavy atom. The molecular formula is C6H15NO2. The molecule has 0 amide bonds. The largest absolute Gasteiger partial charge is 0.396 e. The highest BCUT2D eigenvalue weighted by molar-refractivity contribution is 4.68.